The van der Waals surface area contributed by atoms with Crippen LogP contribution in [-0.4, -0.2) is 16.6 Å². The smallest absolute Gasteiger partial charge is 0.240 e. The molecule has 0 radical (unpaired) electrons. The van der Waals surface area contributed by atoms with Gasteiger partial charge in [-0.2, -0.15) is 0 Å². The third kappa shape index (κ3) is 2.18. The number of halogens is 1. The topological polar surface area (TPSA) is 46.2 Å². The average Bonchev–Trinajstić information content (AvgIpc) is 1.85. The van der Waals surface area contributed by atoms with Gasteiger partial charge in [0.1, 0.15) is 4.83 Å². The Bertz CT molecular complexity index is 150. The van der Waals surface area contributed by atoms with Gasteiger partial charge in [-0.3, -0.25) is 14.9 Å². The second kappa shape index (κ2) is 3.47. The van der Waals surface area contributed by atoms with E-state index in [1.54, 1.807) is 0 Å². The van der Waals surface area contributed by atoms with E-state index in [-0.39, 0.29) is 44.1 Å². The van der Waals surface area contributed by atoms with Gasteiger partial charge in [-0.05, 0) is 0 Å². The van der Waals surface area contributed by atoms with Gasteiger partial charge in [-0.25, -0.2) is 0 Å². The second-order valence-corrected chi connectivity index (χ2v) is 2.69. The third-order valence-corrected chi connectivity index (χ3v) is 1.65. The number of alkyl halides is 1. The minimum atomic E-state index is -0.296. The normalized spacial score (nSPS) is 25.2. The van der Waals surface area contributed by atoms with Crippen molar-refractivity contribution in [1.29, 1.82) is 0 Å². The summed E-state index contributed by atoms with van der Waals surface area (Å²) in [6.45, 7) is 0. The first-order valence-electron chi connectivity index (χ1n) is 2.18. The molecule has 0 aromatic rings. The fourth-order valence-corrected chi connectivity index (χ4v) is 0.931. The van der Waals surface area contributed by atoms with Gasteiger partial charge in [-0.15, -0.1) is 0 Å². The predicted octanol–water partition coefficient (Wildman–Crippen LogP) is -0.206. The van der Waals surface area contributed by atoms with Crippen LogP contribution < -0.4 is 5.32 Å². The molecule has 5 heteroatoms. The van der Waals surface area contributed by atoms with Gasteiger partial charge < -0.3 is 0 Å². The Morgan fingerprint density at radius 1 is 1.56 bits per heavy atom. The van der Waals surface area contributed by atoms with Gasteiger partial charge in [0.05, 0.1) is 0 Å². The molecule has 1 atom stereocenters. The maximum atomic E-state index is 10.4. The van der Waals surface area contributed by atoms with Crippen molar-refractivity contribution in [3.05, 3.63) is 0 Å². The predicted molar refractivity (Wildman–Crippen MR) is 30.5 cm³/mol. The molecule has 9 heavy (non-hydrogen) atoms. The SMILES string of the molecule is O=C1CC(Br)C(=O)N1.[Mo]. The minimum absolute atomic E-state index is 0. The molecule has 1 aliphatic heterocycles. The van der Waals surface area contributed by atoms with Gasteiger partial charge in [0.25, 0.3) is 0 Å². The number of carbonyl (C=O) groups is 2. The summed E-state index contributed by atoms with van der Waals surface area (Å²) < 4.78 is 0. The van der Waals surface area contributed by atoms with Gasteiger partial charge in [0.2, 0.25) is 11.8 Å². The van der Waals surface area contributed by atoms with Crippen LogP contribution in [0.15, 0.2) is 0 Å². The summed E-state index contributed by atoms with van der Waals surface area (Å²) in [5, 5.41) is 2.14. The average molecular weight is 274 g/mol. The van der Waals surface area contributed by atoms with Gasteiger partial charge in [0, 0.05) is 27.5 Å². The van der Waals surface area contributed by atoms with E-state index < -0.39 is 0 Å². The number of hydrogen-bond donors (Lipinski definition) is 1. The summed E-state index contributed by atoms with van der Waals surface area (Å²) in [6, 6.07) is 0. The Hall–Kier alpha value is 0.308. The van der Waals surface area contributed by atoms with E-state index in [4.69, 9.17) is 0 Å². The molecule has 3 nitrogen and oxygen atoms in total. The third-order valence-electron chi connectivity index (χ3n) is 0.912. The fourth-order valence-electron chi connectivity index (χ4n) is 0.522. The Balaban J connectivity index is 0.000000640. The van der Waals surface area contributed by atoms with Gasteiger partial charge in [0.15, 0.2) is 0 Å². The summed E-state index contributed by atoms with van der Waals surface area (Å²) in [5.74, 6) is -0.424. The molecule has 1 fully saturated rings. The molecule has 0 spiro atoms. The number of nitrogens with one attached hydrogen (secondary N) is 1. The molecule has 1 aliphatic rings. The Morgan fingerprint density at radius 2 is 2.11 bits per heavy atom. The van der Waals surface area contributed by atoms with E-state index in [2.05, 4.69) is 21.2 Å². The van der Waals surface area contributed by atoms with Crippen molar-refractivity contribution < 1.29 is 30.7 Å². The van der Waals surface area contributed by atoms with E-state index in [1.165, 1.54) is 0 Å². The Kier molecular flexibility index (Phi) is 3.59. The molecule has 0 saturated carbocycles. The Labute approximate surface area is 75.0 Å². The maximum absolute atomic E-state index is 10.4. The molecular formula is C4H4BrMoNO2. The van der Waals surface area contributed by atoms with Crippen molar-refractivity contribution in [3.8, 4) is 0 Å². The van der Waals surface area contributed by atoms with Crippen LogP contribution in [0.5, 0.6) is 0 Å². The largest absolute Gasteiger partial charge is 0.295 e. The molecule has 50 valence electrons. The molecular weight excluding hydrogens is 270 g/mol. The molecule has 1 heterocycles. The molecule has 2 amide bonds. The number of hydrogen-bond acceptors (Lipinski definition) is 2. The van der Waals surface area contributed by atoms with Crippen molar-refractivity contribution in [2.75, 3.05) is 0 Å². The van der Waals surface area contributed by atoms with Crippen LogP contribution in [0.25, 0.3) is 0 Å². The molecule has 1 unspecified atom stereocenters. The zero-order valence-corrected chi connectivity index (χ0v) is 7.98. The Morgan fingerprint density at radius 3 is 2.22 bits per heavy atom. The zero-order valence-electron chi connectivity index (χ0n) is 4.39. The summed E-state index contributed by atoms with van der Waals surface area (Å²) >= 11 is 3.01. The number of imide groups is 1. The number of amides is 2. The molecule has 0 bridgehead atoms. The standard InChI is InChI=1S/C4H4BrNO2.Mo/c5-2-1-3(7)6-4(2)8;/h2H,1H2,(H,6,7,8);. The fraction of sp³-hybridized carbons (Fsp3) is 0.500. The van der Waals surface area contributed by atoms with Crippen LogP contribution in [0.2, 0.25) is 0 Å². The molecule has 0 aromatic heterocycles. The van der Waals surface area contributed by atoms with Crippen molar-refractivity contribution >= 4 is 27.7 Å². The molecule has 1 rings (SSSR count). The van der Waals surface area contributed by atoms with Crippen molar-refractivity contribution in [3.63, 3.8) is 0 Å². The number of rotatable bonds is 0. The van der Waals surface area contributed by atoms with Crippen molar-refractivity contribution in [2.45, 2.75) is 11.2 Å². The zero-order chi connectivity index (χ0) is 6.15. The summed E-state index contributed by atoms with van der Waals surface area (Å²) in [7, 11) is 0. The van der Waals surface area contributed by atoms with Crippen LogP contribution >= 0.6 is 15.9 Å². The first-order chi connectivity index (χ1) is 3.70. The number of carbonyl (C=O) groups excluding carboxylic acids is 2. The summed E-state index contributed by atoms with van der Waals surface area (Å²) in [6.07, 6.45) is 0.277. The van der Waals surface area contributed by atoms with E-state index in [1.807, 2.05) is 0 Å². The van der Waals surface area contributed by atoms with Crippen LogP contribution in [-0.2, 0) is 30.7 Å². The molecule has 1 saturated heterocycles. The first kappa shape index (κ1) is 9.31. The van der Waals surface area contributed by atoms with Crippen LogP contribution in [0.3, 0.4) is 0 Å². The first-order valence-corrected chi connectivity index (χ1v) is 3.09. The quantitative estimate of drug-likeness (QED) is 0.377. The summed E-state index contributed by atoms with van der Waals surface area (Å²) in [4.78, 5) is 20.4. The van der Waals surface area contributed by atoms with Gasteiger partial charge in [-0.1, -0.05) is 15.9 Å². The summed E-state index contributed by atoms with van der Waals surface area (Å²) in [5.41, 5.74) is 0. The monoisotopic (exact) mass is 275 g/mol. The van der Waals surface area contributed by atoms with E-state index >= 15 is 0 Å². The van der Waals surface area contributed by atoms with E-state index in [0.717, 1.165) is 0 Å². The van der Waals surface area contributed by atoms with Crippen molar-refractivity contribution in [1.82, 2.24) is 5.32 Å². The van der Waals surface area contributed by atoms with E-state index in [9.17, 15) is 9.59 Å². The molecule has 1 N–H and O–H groups in total. The van der Waals surface area contributed by atoms with Crippen LogP contribution in [0.1, 0.15) is 6.42 Å². The van der Waals surface area contributed by atoms with Crippen molar-refractivity contribution in [2.24, 2.45) is 0 Å². The van der Waals surface area contributed by atoms with Crippen LogP contribution in [0, 0.1) is 0 Å². The maximum Gasteiger partial charge on any atom is 0.240 e. The molecule has 0 aliphatic carbocycles. The van der Waals surface area contributed by atoms with E-state index in [0.29, 0.717) is 0 Å². The minimum Gasteiger partial charge on any atom is -0.295 e. The van der Waals surface area contributed by atoms with Gasteiger partial charge >= 0.3 is 0 Å². The second-order valence-electron chi connectivity index (χ2n) is 1.58. The molecule has 0 aromatic carbocycles. The van der Waals surface area contributed by atoms with Crippen LogP contribution in [0.4, 0.5) is 0 Å².